The first-order chi connectivity index (χ1) is 12.0. The number of nitrogens with zero attached hydrogens (tertiary/aromatic N) is 1. The van der Waals surface area contributed by atoms with Gasteiger partial charge in [0.05, 0.1) is 0 Å². The number of rotatable bonds is 15. The number of aliphatic hydroxyl groups excluding tert-OH is 1. The van der Waals surface area contributed by atoms with Crippen LogP contribution in [0, 0.1) is 37.0 Å². The predicted octanol–water partition coefficient (Wildman–Crippen LogP) is 5.59. The van der Waals surface area contributed by atoms with Gasteiger partial charge in [-0.1, -0.05) is 85.0 Å². The summed E-state index contributed by atoms with van der Waals surface area (Å²) in [5.41, 5.74) is 6.84. The van der Waals surface area contributed by atoms with Gasteiger partial charge in [0.1, 0.15) is 0 Å². The standard InChI is InChI=1S/C12H26O.C8H17N2O2.U/c1-2-3-4-5-6-7-8-9-10-11-12-13;1-3-7(2)8(11)10(12)6-4-5-9;/h13H,2-12H2,1H3;7,9,12H,3-6H2,1-2H3;/q;-1;. The maximum Gasteiger partial charge on any atom is 0.248 e. The molecule has 156 valence electrons. The van der Waals surface area contributed by atoms with E-state index in [1.165, 1.54) is 57.8 Å². The normalized spacial score (nSPS) is 11.2. The molecule has 6 heteroatoms. The quantitative estimate of drug-likeness (QED) is 0.147. The van der Waals surface area contributed by atoms with E-state index in [9.17, 15) is 4.79 Å². The van der Waals surface area contributed by atoms with Gasteiger partial charge >= 0.3 is 0 Å². The van der Waals surface area contributed by atoms with Crippen molar-refractivity contribution in [3.8, 4) is 0 Å². The number of nitrogens with one attached hydrogen (secondary N) is 1. The molecule has 0 aliphatic heterocycles. The summed E-state index contributed by atoms with van der Waals surface area (Å²) >= 11 is 0. The predicted molar refractivity (Wildman–Crippen MR) is 106 cm³/mol. The Morgan fingerprint density at radius 2 is 1.38 bits per heavy atom. The van der Waals surface area contributed by atoms with Crippen molar-refractivity contribution in [2.24, 2.45) is 5.92 Å². The first-order valence-corrected chi connectivity index (χ1v) is 10.3. The van der Waals surface area contributed by atoms with Crippen molar-refractivity contribution >= 4 is 5.91 Å². The summed E-state index contributed by atoms with van der Waals surface area (Å²) < 4.78 is 0. The molecule has 0 aromatic heterocycles. The first-order valence-electron chi connectivity index (χ1n) is 10.3. The Kier molecular flexibility index (Phi) is 30.4. The Labute approximate surface area is 185 Å². The molecular formula is C20H43N2O3U-. The van der Waals surface area contributed by atoms with E-state index >= 15 is 0 Å². The van der Waals surface area contributed by atoms with Crippen molar-refractivity contribution in [2.75, 3.05) is 19.7 Å². The fraction of sp³-hybridized carbons (Fsp3) is 0.950. The van der Waals surface area contributed by atoms with Crippen LogP contribution in [-0.4, -0.2) is 41.0 Å². The second-order valence-electron chi connectivity index (χ2n) is 6.78. The molecule has 0 bridgehead atoms. The van der Waals surface area contributed by atoms with Crippen LogP contribution in [0.3, 0.4) is 0 Å². The Bertz CT molecular complexity index is 272. The van der Waals surface area contributed by atoms with Crippen molar-refractivity contribution in [2.45, 2.75) is 97.8 Å². The Balaban J connectivity index is -0.000000393. The molecule has 0 spiro atoms. The molecule has 0 rings (SSSR count). The fourth-order valence-electron chi connectivity index (χ4n) is 2.37. The van der Waals surface area contributed by atoms with Crippen LogP contribution in [0.5, 0.6) is 0 Å². The van der Waals surface area contributed by atoms with Gasteiger partial charge in [0.2, 0.25) is 5.91 Å². The monoisotopic (exact) mass is 597 g/mol. The number of unbranched alkanes of at least 4 members (excludes halogenated alkanes) is 9. The van der Waals surface area contributed by atoms with Gasteiger partial charge in [-0.25, -0.2) is 5.06 Å². The van der Waals surface area contributed by atoms with Crippen LogP contribution in [-0.2, 0) is 4.79 Å². The number of hydrogen-bond acceptors (Lipinski definition) is 3. The summed E-state index contributed by atoms with van der Waals surface area (Å²) in [6.45, 7) is 6.83. The van der Waals surface area contributed by atoms with Crippen LogP contribution in [0.25, 0.3) is 5.73 Å². The van der Waals surface area contributed by atoms with Gasteiger partial charge in [-0.15, -0.1) is 6.54 Å². The zero-order valence-electron chi connectivity index (χ0n) is 17.4. The second-order valence-corrected chi connectivity index (χ2v) is 6.78. The SMILES string of the molecule is CCC(C)C(=O)N(O)CCC[NH-].CCCCCCCCCCCCO.[U]. The average molecular weight is 598 g/mol. The molecule has 1 unspecified atom stereocenters. The summed E-state index contributed by atoms with van der Waals surface area (Å²) in [5.74, 6) is -0.369. The third-order valence-corrected chi connectivity index (χ3v) is 4.35. The molecule has 0 saturated carbocycles. The van der Waals surface area contributed by atoms with E-state index in [-0.39, 0.29) is 56.0 Å². The second kappa shape index (κ2) is 25.4. The van der Waals surface area contributed by atoms with Crippen LogP contribution in [0.2, 0.25) is 0 Å². The van der Waals surface area contributed by atoms with Crippen LogP contribution in [0.4, 0.5) is 0 Å². The van der Waals surface area contributed by atoms with Gasteiger partial charge in [0.15, 0.2) is 0 Å². The first kappa shape index (κ1) is 31.1. The number of carbonyl (C=O) groups is 1. The summed E-state index contributed by atoms with van der Waals surface area (Å²) in [6.07, 6.45) is 14.6. The smallest absolute Gasteiger partial charge is 0.248 e. The van der Waals surface area contributed by atoms with Crippen molar-refractivity contribution in [1.29, 1.82) is 0 Å². The number of aliphatic hydroxyl groups is 1. The van der Waals surface area contributed by atoms with E-state index in [1.54, 1.807) is 6.92 Å². The van der Waals surface area contributed by atoms with Gasteiger partial charge in [-0.2, -0.15) is 0 Å². The van der Waals surface area contributed by atoms with Crippen LogP contribution in [0.15, 0.2) is 0 Å². The van der Waals surface area contributed by atoms with Gasteiger partial charge in [0.25, 0.3) is 0 Å². The number of carbonyl (C=O) groups excluding carboxylic acids is 1. The molecule has 1 atom stereocenters. The van der Waals surface area contributed by atoms with E-state index < -0.39 is 0 Å². The van der Waals surface area contributed by atoms with E-state index in [0.717, 1.165) is 17.9 Å². The van der Waals surface area contributed by atoms with E-state index in [0.29, 0.717) is 13.0 Å². The number of hydroxylamine groups is 2. The zero-order chi connectivity index (χ0) is 19.3. The average Bonchev–Trinajstić information content (AvgIpc) is 2.64. The summed E-state index contributed by atoms with van der Waals surface area (Å²) in [7, 11) is 0. The van der Waals surface area contributed by atoms with E-state index in [1.807, 2.05) is 6.92 Å². The molecule has 0 radical (unpaired) electrons. The Morgan fingerprint density at radius 1 is 0.923 bits per heavy atom. The summed E-state index contributed by atoms with van der Waals surface area (Å²) in [4.78, 5) is 11.2. The number of amides is 1. The minimum Gasteiger partial charge on any atom is -0.677 e. The van der Waals surface area contributed by atoms with Crippen LogP contribution >= 0.6 is 0 Å². The van der Waals surface area contributed by atoms with Gasteiger partial charge in [-0.3, -0.25) is 10.0 Å². The Hall–Kier alpha value is 0.402. The molecule has 0 saturated heterocycles. The fourth-order valence-corrected chi connectivity index (χ4v) is 2.37. The molecule has 0 aromatic rings. The van der Waals surface area contributed by atoms with Crippen molar-refractivity contribution < 1.29 is 46.2 Å². The van der Waals surface area contributed by atoms with Crippen molar-refractivity contribution in [3.05, 3.63) is 5.73 Å². The molecule has 0 fully saturated rings. The minimum absolute atomic E-state index is 0. The van der Waals surface area contributed by atoms with Gasteiger partial charge in [0, 0.05) is 50.2 Å². The van der Waals surface area contributed by atoms with Crippen LogP contribution in [0.1, 0.15) is 97.8 Å². The maximum atomic E-state index is 11.2. The largest absolute Gasteiger partial charge is 0.677 e. The molecule has 3 N–H and O–H groups in total. The molecule has 0 aromatic carbocycles. The molecule has 1 amide bonds. The molecule has 5 nitrogen and oxygen atoms in total. The van der Waals surface area contributed by atoms with Crippen molar-refractivity contribution in [3.63, 3.8) is 0 Å². The summed E-state index contributed by atoms with van der Waals surface area (Å²) in [6, 6.07) is 0. The summed E-state index contributed by atoms with van der Waals surface area (Å²) in [5, 5.41) is 18.4. The Morgan fingerprint density at radius 3 is 1.77 bits per heavy atom. The molecular weight excluding hydrogens is 554 g/mol. The molecule has 0 heterocycles. The third kappa shape index (κ3) is 22.4. The topological polar surface area (TPSA) is 84.6 Å². The van der Waals surface area contributed by atoms with Crippen molar-refractivity contribution in [1.82, 2.24) is 5.06 Å². The van der Waals surface area contributed by atoms with Gasteiger partial charge < -0.3 is 10.8 Å². The maximum absolute atomic E-state index is 11.2. The van der Waals surface area contributed by atoms with Gasteiger partial charge in [-0.05, 0) is 12.8 Å². The number of hydrogen-bond donors (Lipinski definition) is 2. The zero-order valence-corrected chi connectivity index (χ0v) is 21.6. The third-order valence-electron chi connectivity index (χ3n) is 4.35. The van der Waals surface area contributed by atoms with E-state index in [4.69, 9.17) is 16.0 Å². The molecule has 26 heavy (non-hydrogen) atoms. The molecule has 0 aliphatic rings. The molecule has 0 aliphatic carbocycles. The van der Waals surface area contributed by atoms with Crippen LogP contribution < -0.4 is 0 Å². The minimum atomic E-state index is -0.244. The van der Waals surface area contributed by atoms with E-state index in [2.05, 4.69) is 6.92 Å².